The number of rotatable bonds is 5. The van der Waals surface area contributed by atoms with Gasteiger partial charge in [-0.25, -0.2) is 8.42 Å². The molecule has 178 valence electrons. The summed E-state index contributed by atoms with van der Waals surface area (Å²) in [6.45, 7) is 1.88. The van der Waals surface area contributed by atoms with E-state index in [1.807, 2.05) is 18.3 Å². The van der Waals surface area contributed by atoms with E-state index in [0.717, 1.165) is 5.57 Å². The summed E-state index contributed by atoms with van der Waals surface area (Å²) < 4.78 is 34.7. The van der Waals surface area contributed by atoms with E-state index in [9.17, 15) is 13.0 Å². The predicted molar refractivity (Wildman–Crippen MR) is 145 cm³/mol. The van der Waals surface area contributed by atoms with Gasteiger partial charge in [-0.05, 0) is 54.6 Å². The van der Waals surface area contributed by atoms with Gasteiger partial charge in [-0.3, -0.25) is 0 Å². The van der Waals surface area contributed by atoms with Crippen LogP contribution in [0.15, 0.2) is 146 Å². The van der Waals surface area contributed by atoms with Crippen molar-refractivity contribution in [1.29, 1.82) is 0 Å². The van der Waals surface area contributed by atoms with Crippen LogP contribution < -0.4 is 0 Å². The minimum atomic E-state index is -4.45. The highest BCUT2D eigenvalue weighted by Gasteiger charge is 2.37. The molecular formula is C29H26O3S3. The first-order valence-electron chi connectivity index (χ1n) is 11.2. The molecular weight excluding hydrogens is 493 g/mol. The zero-order valence-corrected chi connectivity index (χ0v) is 21.7. The van der Waals surface area contributed by atoms with Crippen molar-refractivity contribution >= 4 is 32.3 Å². The molecule has 0 spiro atoms. The quantitative estimate of drug-likeness (QED) is 0.208. The largest absolute Gasteiger partial charge is 0.747 e. The SMILES string of the molecule is CC1=CCC(c2ccccc2)(S(=O)(=O)[O-])C=C1.c1ccc([S+](c2ccccc2)c2cccs2)cc1. The van der Waals surface area contributed by atoms with Crippen molar-refractivity contribution in [2.24, 2.45) is 0 Å². The standard InChI is InChI=1S/C16H13S2.C13H14O3S/c1-3-8-14(9-4-1)18(16-12-7-13-17-16)15-10-5-2-6-11-15;1-11-7-9-13(10-8-11,17(14,15)16)12-5-3-2-4-6-12/h1-13H;2-9H,10H2,1H3,(H,14,15,16)/q+1;/p-1. The number of hydrogen-bond donors (Lipinski definition) is 0. The summed E-state index contributed by atoms with van der Waals surface area (Å²) in [5, 5.41) is 2.15. The third kappa shape index (κ3) is 5.85. The van der Waals surface area contributed by atoms with Crippen molar-refractivity contribution in [3.05, 3.63) is 138 Å². The second kappa shape index (κ2) is 11.2. The molecule has 1 aromatic heterocycles. The zero-order valence-electron chi connectivity index (χ0n) is 19.3. The summed E-state index contributed by atoms with van der Waals surface area (Å²) in [5.74, 6) is 0. The molecule has 1 atom stereocenters. The molecule has 1 aliphatic carbocycles. The molecule has 1 unspecified atom stereocenters. The van der Waals surface area contributed by atoms with Gasteiger partial charge in [0.25, 0.3) is 0 Å². The van der Waals surface area contributed by atoms with E-state index >= 15 is 0 Å². The highest BCUT2D eigenvalue weighted by atomic mass is 32.2. The fraction of sp³-hybridized carbons (Fsp3) is 0.103. The second-order valence-electron chi connectivity index (χ2n) is 8.06. The lowest BCUT2D eigenvalue weighted by Crippen LogP contribution is -2.34. The molecule has 0 saturated carbocycles. The van der Waals surface area contributed by atoms with Crippen LogP contribution in [0.5, 0.6) is 0 Å². The van der Waals surface area contributed by atoms with Gasteiger partial charge >= 0.3 is 0 Å². The molecule has 0 saturated heterocycles. The van der Waals surface area contributed by atoms with Gasteiger partial charge in [0.05, 0.1) is 0 Å². The Hall–Kier alpha value is -2.90. The molecule has 0 N–H and O–H groups in total. The number of hydrogen-bond acceptors (Lipinski definition) is 4. The van der Waals surface area contributed by atoms with Crippen LogP contribution in [-0.4, -0.2) is 13.0 Å². The maximum atomic E-state index is 11.6. The van der Waals surface area contributed by atoms with Crippen LogP contribution in [0.4, 0.5) is 0 Å². The van der Waals surface area contributed by atoms with Gasteiger partial charge in [0.15, 0.2) is 9.79 Å². The average molecular weight is 519 g/mol. The molecule has 0 bridgehead atoms. The Morgan fingerprint density at radius 1 is 0.800 bits per heavy atom. The average Bonchev–Trinajstić information content (AvgIpc) is 3.41. The highest BCUT2D eigenvalue weighted by molar-refractivity contribution is 7.98. The Labute approximate surface area is 214 Å². The Bertz CT molecular complexity index is 1340. The van der Waals surface area contributed by atoms with Crippen molar-refractivity contribution in [2.75, 3.05) is 0 Å². The lowest BCUT2D eigenvalue weighted by atomic mass is 9.89. The van der Waals surface area contributed by atoms with Crippen molar-refractivity contribution in [1.82, 2.24) is 0 Å². The molecule has 1 heterocycles. The van der Waals surface area contributed by atoms with E-state index < -0.39 is 14.9 Å². The summed E-state index contributed by atoms with van der Waals surface area (Å²) in [6, 6.07) is 34.5. The van der Waals surface area contributed by atoms with Gasteiger partial charge in [-0.1, -0.05) is 102 Å². The normalized spacial score (nSPS) is 17.4. The zero-order chi connectivity index (χ0) is 24.7. The van der Waals surface area contributed by atoms with Gasteiger partial charge in [0, 0.05) is 6.07 Å². The van der Waals surface area contributed by atoms with Crippen LogP contribution in [-0.2, 0) is 25.8 Å². The Morgan fingerprint density at radius 3 is 1.77 bits per heavy atom. The smallest absolute Gasteiger partial charge is 0.220 e. The summed E-state index contributed by atoms with van der Waals surface area (Å²) >= 11 is 1.83. The monoisotopic (exact) mass is 518 g/mol. The second-order valence-corrected chi connectivity index (χ2v) is 12.9. The van der Waals surface area contributed by atoms with Crippen LogP contribution in [0.2, 0.25) is 0 Å². The Kier molecular flexibility index (Phi) is 8.08. The molecule has 1 aliphatic rings. The van der Waals surface area contributed by atoms with E-state index in [4.69, 9.17) is 0 Å². The van der Waals surface area contributed by atoms with Gasteiger partial charge in [-0.15, -0.1) is 0 Å². The molecule has 6 heteroatoms. The summed E-state index contributed by atoms with van der Waals surface area (Å²) in [4.78, 5) is 2.76. The van der Waals surface area contributed by atoms with E-state index in [0.29, 0.717) is 5.56 Å². The molecule has 35 heavy (non-hydrogen) atoms. The maximum Gasteiger partial charge on any atom is 0.220 e. The predicted octanol–water partition coefficient (Wildman–Crippen LogP) is 7.18. The fourth-order valence-corrected chi connectivity index (χ4v) is 8.17. The fourth-order valence-electron chi connectivity index (χ4n) is 3.84. The van der Waals surface area contributed by atoms with Crippen molar-refractivity contribution in [2.45, 2.75) is 32.1 Å². The van der Waals surface area contributed by atoms with Gasteiger partial charge in [-0.2, -0.15) is 0 Å². The van der Waals surface area contributed by atoms with Gasteiger partial charge in [0.1, 0.15) is 25.8 Å². The topological polar surface area (TPSA) is 57.2 Å². The maximum absolute atomic E-state index is 11.6. The molecule has 3 nitrogen and oxygen atoms in total. The minimum absolute atomic E-state index is 0.0350. The highest BCUT2D eigenvalue weighted by Crippen LogP contribution is 2.38. The first kappa shape index (κ1) is 25.2. The molecule has 5 rings (SSSR count). The number of benzene rings is 3. The lowest BCUT2D eigenvalue weighted by Gasteiger charge is -2.35. The van der Waals surface area contributed by atoms with E-state index in [-0.39, 0.29) is 17.3 Å². The summed E-state index contributed by atoms with van der Waals surface area (Å²) in [5.41, 5.74) is 1.50. The molecule has 0 aliphatic heterocycles. The van der Waals surface area contributed by atoms with Crippen LogP contribution >= 0.6 is 11.3 Å². The third-order valence-corrected chi connectivity index (χ3v) is 10.6. The molecule has 0 radical (unpaired) electrons. The number of thiophene rings is 1. The minimum Gasteiger partial charge on any atom is -0.747 e. The molecule has 0 fully saturated rings. The van der Waals surface area contributed by atoms with Crippen molar-refractivity contribution in [3.8, 4) is 0 Å². The third-order valence-electron chi connectivity index (χ3n) is 5.71. The van der Waals surface area contributed by atoms with Crippen molar-refractivity contribution in [3.63, 3.8) is 0 Å². The number of allylic oxidation sites excluding steroid dienone is 3. The lowest BCUT2D eigenvalue weighted by molar-refractivity contribution is 0.430. The van der Waals surface area contributed by atoms with Crippen LogP contribution in [0.1, 0.15) is 18.9 Å². The summed E-state index contributed by atoms with van der Waals surface area (Å²) in [7, 11) is -4.41. The van der Waals surface area contributed by atoms with Crippen LogP contribution in [0.25, 0.3) is 0 Å². The van der Waals surface area contributed by atoms with E-state index in [1.54, 1.807) is 42.5 Å². The molecule has 4 aromatic rings. The van der Waals surface area contributed by atoms with E-state index in [2.05, 4.69) is 78.2 Å². The Morgan fingerprint density at radius 2 is 1.34 bits per heavy atom. The molecule has 0 amide bonds. The first-order chi connectivity index (χ1) is 16.9. The van der Waals surface area contributed by atoms with E-state index in [1.165, 1.54) is 20.1 Å². The van der Waals surface area contributed by atoms with Gasteiger partial charge in [0.2, 0.25) is 4.21 Å². The van der Waals surface area contributed by atoms with Crippen molar-refractivity contribution < 1.29 is 13.0 Å². The molecule has 3 aromatic carbocycles. The van der Waals surface area contributed by atoms with Crippen LogP contribution in [0.3, 0.4) is 0 Å². The van der Waals surface area contributed by atoms with Crippen LogP contribution in [0, 0.1) is 0 Å². The van der Waals surface area contributed by atoms with Gasteiger partial charge < -0.3 is 4.55 Å². The summed E-state index contributed by atoms with van der Waals surface area (Å²) in [6.07, 6.45) is 5.17. The first-order valence-corrected chi connectivity index (χ1v) is 14.7. The Balaban J connectivity index is 0.000000165.